The van der Waals surface area contributed by atoms with Crippen molar-refractivity contribution in [1.82, 2.24) is 14.9 Å². The van der Waals surface area contributed by atoms with E-state index in [2.05, 4.69) is 15.3 Å². The predicted octanol–water partition coefficient (Wildman–Crippen LogP) is 1.41. The number of hydrogen-bond acceptors (Lipinski definition) is 5. The van der Waals surface area contributed by atoms with Crippen molar-refractivity contribution >= 4 is 11.7 Å². The average molecular weight is 266 g/mol. The number of rotatable bonds is 8. The zero-order chi connectivity index (χ0) is 14.1. The molecule has 0 saturated heterocycles. The third-order valence-corrected chi connectivity index (χ3v) is 2.61. The van der Waals surface area contributed by atoms with Gasteiger partial charge >= 0.3 is 0 Å². The van der Waals surface area contributed by atoms with Crippen LogP contribution in [0.4, 0.5) is 5.82 Å². The minimum atomic E-state index is -0.113. The molecule has 0 saturated carbocycles. The molecule has 1 rings (SSSR count). The highest BCUT2D eigenvalue weighted by Gasteiger charge is 2.15. The Balaban J connectivity index is 2.63. The zero-order valence-electron chi connectivity index (χ0n) is 11.8. The molecule has 1 heterocycles. The van der Waals surface area contributed by atoms with Crippen LogP contribution in [0.2, 0.25) is 0 Å². The fourth-order valence-corrected chi connectivity index (χ4v) is 1.60. The minimum absolute atomic E-state index is 0.113. The molecular formula is C13H22N4O2. The van der Waals surface area contributed by atoms with E-state index in [1.54, 1.807) is 11.1 Å². The van der Waals surface area contributed by atoms with E-state index in [9.17, 15) is 4.79 Å². The van der Waals surface area contributed by atoms with Gasteiger partial charge in [-0.05, 0) is 20.8 Å². The summed E-state index contributed by atoms with van der Waals surface area (Å²) in [5, 5.41) is 3.04. The van der Waals surface area contributed by atoms with Crippen LogP contribution in [-0.2, 0) is 4.74 Å². The van der Waals surface area contributed by atoms with E-state index in [1.807, 2.05) is 20.8 Å². The fourth-order valence-electron chi connectivity index (χ4n) is 1.60. The molecule has 1 N–H and O–H groups in total. The zero-order valence-corrected chi connectivity index (χ0v) is 11.8. The van der Waals surface area contributed by atoms with Crippen molar-refractivity contribution in [3.63, 3.8) is 0 Å². The molecule has 0 aliphatic rings. The van der Waals surface area contributed by atoms with Crippen LogP contribution < -0.4 is 5.32 Å². The second-order valence-electron chi connectivity index (χ2n) is 3.90. The lowest BCUT2D eigenvalue weighted by molar-refractivity contribution is 0.0663. The van der Waals surface area contributed by atoms with Gasteiger partial charge in [-0.2, -0.15) is 0 Å². The summed E-state index contributed by atoms with van der Waals surface area (Å²) in [6, 6.07) is 0. The van der Waals surface area contributed by atoms with Crippen LogP contribution in [0, 0.1) is 0 Å². The summed E-state index contributed by atoms with van der Waals surface area (Å²) in [6.45, 7) is 9.02. The number of carbonyl (C=O) groups is 1. The highest BCUT2D eigenvalue weighted by Crippen LogP contribution is 2.04. The Hall–Kier alpha value is -1.69. The molecule has 0 bridgehead atoms. The summed E-state index contributed by atoms with van der Waals surface area (Å²) < 4.78 is 5.26. The maximum absolute atomic E-state index is 12.2. The van der Waals surface area contributed by atoms with Crippen LogP contribution in [-0.4, -0.2) is 53.6 Å². The van der Waals surface area contributed by atoms with Gasteiger partial charge in [0.25, 0.3) is 5.91 Å². The molecule has 0 fully saturated rings. The Morgan fingerprint density at radius 2 is 2.11 bits per heavy atom. The summed E-state index contributed by atoms with van der Waals surface area (Å²) >= 11 is 0. The Labute approximate surface area is 114 Å². The van der Waals surface area contributed by atoms with E-state index in [1.165, 1.54) is 6.20 Å². The van der Waals surface area contributed by atoms with Crippen molar-refractivity contribution in [2.75, 3.05) is 38.2 Å². The lowest BCUT2D eigenvalue weighted by Gasteiger charge is -2.20. The number of ether oxygens (including phenoxy) is 1. The first-order valence-electron chi connectivity index (χ1n) is 6.65. The van der Waals surface area contributed by atoms with Gasteiger partial charge in [-0.25, -0.2) is 9.97 Å². The maximum Gasteiger partial charge on any atom is 0.274 e. The topological polar surface area (TPSA) is 67.4 Å². The van der Waals surface area contributed by atoms with E-state index in [4.69, 9.17) is 4.74 Å². The highest BCUT2D eigenvalue weighted by molar-refractivity contribution is 5.92. The molecule has 19 heavy (non-hydrogen) atoms. The average Bonchev–Trinajstić information content (AvgIpc) is 2.44. The number of hydrogen-bond donors (Lipinski definition) is 1. The second kappa shape index (κ2) is 8.42. The van der Waals surface area contributed by atoms with Gasteiger partial charge in [0.15, 0.2) is 0 Å². The monoisotopic (exact) mass is 266 g/mol. The number of amides is 1. The predicted molar refractivity (Wildman–Crippen MR) is 74.3 cm³/mol. The smallest absolute Gasteiger partial charge is 0.274 e. The lowest BCUT2D eigenvalue weighted by atomic mass is 10.3. The Kier molecular flexibility index (Phi) is 6.81. The van der Waals surface area contributed by atoms with Gasteiger partial charge in [-0.1, -0.05) is 0 Å². The third kappa shape index (κ3) is 4.82. The standard InChI is InChI=1S/C13H22N4O2/c1-4-14-12-10-15-11(9-16-12)13(18)17(5-2)7-8-19-6-3/h9-10H,4-8H2,1-3H3,(H,14,16). The van der Waals surface area contributed by atoms with Crippen LogP contribution in [0.15, 0.2) is 12.4 Å². The molecular weight excluding hydrogens is 244 g/mol. The van der Waals surface area contributed by atoms with Crippen LogP contribution in [0.5, 0.6) is 0 Å². The number of nitrogens with one attached hydrogen (secondary N) is 1. The molecule has 0 unspecified atom stereocenters. The second-order valence-corrected chi connectivity index (χ2v) is 3.90. The van der Waals surface area contributed by atoms with E-state index >= 15 is 0 Å². The lowest BCUT2D eigenvalue weighted by Crippen LogP contribution is -2.34. The minimum Gasteiger partial charge on any atom is -0.380 e. The molecule has 1 aromatic rings. The summed E-state index contributed by atoms with van der Waals surface area (Å²) in [5.74, 6) is 0.564. The van der Waals surface area contributed by atoms with E-state index in [-0.39, 0.29) is 5.91 Å². The van der Waals surface area contributed by atoms with Gasteiger partial charge in [-0.3, -0.25) is 4.79 Å². The molecule has 106 valence electrons. The molecule has 0 spiro atoms. The highest BCUT2D eigenvalue weighted by atomic mass is 16.5. The van der Waals surface area contributed by atoms with Crippen LogP contribution in [0.3, 0.4) is 0 Å². The molecule has 0 radical (unpaired) electrons. The van der Waals surface area contributed by atoms with Crippen LogP contribution >= 0.6 is 0 Å². The summed E-state index contributed by atoms with van der Waals surface area (Å²) in [4.78, 5) is 22.2. The van der Waals surface area contributed by atoms with Crippen molar-refractivity contribution in [1.29, 1.82) is 0 Å². The number of likely N-dealkylation sites (N-methyl/N-ethyl adjacent to an activating group) is 1. The van der Waals surface area contributed by atoms with Gasteiger partial charge in [0.1, 0.15) is 11.5 Å². The first kappa shape index (κ1) is 15.4. The van der Waals surface area contributed by atoms with E-state index < -0.39 is 0 Å². The number of anilines is 1. The van der Waals surface area contributed by atoms with Crippen molar-refractivity contribution in [2.45, 2.75) is 20.8 Å². The molecule has 0 aliphatic heterocycles. The molecule has 1 aromatic heterocycles. The molecule has 1 amide bonds. The van der Waals surface area contributed by atoms with Crippen molar-refractivity contribution in [3.8, 4) is 0 Å². The SMILES string of the molecule is CCNc1cnc(C(=O)N(CC)CCOCC)cn1. The summed E-state index contributed by atoms with van der Waals surface area (Å²) in [6.07, 6.45) is 3.08. The summed E-state index contributed by atoms with van der Waals surface area (Å²) in [5.41, 5.74) is 0.361. The molecule has 0 aliphatic carbocycles. The van der Waals surface area contributed by atoms with E-state index in [0.29, 0.717) is 37.8 Å². The number of carbonyl (C=O) groups excluding carboxylic acids is 1. The Bertz CT molecular complexity index is 381. The van der Waals surface area contributed by atoms with Gasteiger partial charge in [0.2, 0.25) is 0 Å². The number of nitrogens with zero attached hydrogens (tertiary/aromatic N) is 3. The normalized spacial score (nSPS) is 10.3. The first-order valence-corrected chi connectivity index (χ1v) is 6.65. The van der Waals surface area contributed by atoms with Crippen molar-refractivity contribution in [2.24, 2.45) is 0 Å². The molecule has 6 heteroatoms. The van der Waals surface area contributed by atoms with Gasteiger partial charge < -0.3 is 15.0 Å². The van der Waals surface area contributed by atoms with E-state index in [0.717, 1.165) is 6.54 Å². The Morgan fingerprint density at radius 3 is 2.63 bits per heavy atom. The quantitative estimate of drug-likeness (QED) is 0.720. The van der Waals surface area contributed by atoms with Crippen LogP contribution in [0.1, 0.15) is 31.3 Å². The van der Waals surface area contributed by atoms with Crippen molar-refractivity contribution in [3.05, 3.63) is 18.1 Å². The first-order chi connectivity index (χ1) is 9.22. The maximum atomic E-state index is 12.2. The fraction of sp³-hybridized carbons (Fsp3) is 0.615. The Morgan fingerprint density at radius 1 is 1.32 bits per heavy atom. The van der Waals surface area contributed by atoms with Gasteiger partial charge in [-0.15, -0.1) is 0 Å². The molecule has 0 atom stereocenters. The van der Waals surface area contributed by atoms with Gasteiger partial charge in [0, 0.05) is 26.2 Å². The largest absolute Gasteiger partial charge is 0.380 e. The van der Waals surface area contributed by atoms with Crippen LogP contribution in [0.25, 0.3) is 0 Å². The van der Waals surface area contributed by atoms with Gasteiger partial charge in [0.05, 0.1) is 19.0 Å². The molecule has 0 aromatic carbocycles. The summed E-state index contributed by atoms with van der Waals surface area (Å²) in [7, 11) is 0. The number of aromatic nitrogens is 2. The van der Waals surface area contributed by atoms with Crippen molar-refractivity contribution < 1.29 is 9.53 Å². The third-order valence-electron chi connectivity index (χ3n) is 2.61. The molecule has 6 nitrogen and oxygen atoms in total.